The van der Waals surface area contributed by atoms with Crippen molar-refractivity contribution in [1.29, 1.82) is 0 Å². The molecule has 7 heteroatoms. The highest BCUT2D eigenvalue weighted by Gasteiger charge is 2.27. The van der Waals surface area contributed by atoms with Gasteiger partial charge in [-0.25, -0.2) is 0 Å². The van der Waals surface area contributed by atoms with Gasteiger partial charge in [0.2, 0.25) is 0 Å². The van der Waals surface area contributed by atoms with Gasteiger partial charge in [0.25, 0.3) is 0 Å². The van der Waals surface area contributed by atoms with Gasteiger partial charge in [0.1, 0.15) is 10.0 Å². The van der Waals surface area contributed by atoms with E-state index in [-0.39, 0.29) is 25.8 Å². The van der Waals surface area contributed by atoms with Gasteiger partial charge in [-0.05, 0) is 12.1 Å². The fourth-order valence-corrected chi connectivity index (χ4v) is 2.60. The maximum atomic E-state index is 6.08. The summed E-state index contributed by atoms with van der Waals surface area (Å²) in [5.74, 6) is 1.34. The Labute approximate surface area is 133 Å². The first-order chi connectivity index (χ1) is 8.99. The molecule has 2 nitrogen and oxygen atoms in total. The van der Waals surface area contributed by atoms with Gasteiger partial charge >= 0.3 is 0 Å². The predicted molar refractivity (Wildman–Crippen MR) is 78.1 cm³/mol. The van der Waals surface area contributed by atoms with E-state index in [4.69, 9.17) is 67.5 Å². The van der Waals surface area contributed by atoms with E-state index in [2.05, 4.69) is 0 Å². The monoisotopic (exact) mass is 354 g/mol. The molecule has 2 aromatic rings. The van der Waals surface area contributed by atoms with Gasteiger partial charge in [-0.2, -0.15) is 0 Å². The molecule has 0 amide bonds. The summed E-state index contributed by atoms with van der Waals surface area (Å²) >= 11 is 30.0. The number of fused-ring (bicyclic) bond motifs is 2. The average molecular weight is 356 g/mol. The number of hydrogen-bond acceptors (Lipinski definition) is 2. The molecule has 98 valence electrons. The fourth-order valence-electron chi connectivity index (χ4n) is 1.64. The largest absolute Gasteiger partial charge is 0.449 e. The summed E-state index contributed by atoms with van der Waals surface area (Å²) in [5.41, 5.74) is 0. The van der Waals surface area contributed by atoms with Gasteiger partial charge in [-0.15, -0.1) is 0 Å². The second-order valence-electron chi connectivity index (χ2n) is 3.71. The number of ether oxygens (including phenoxy) is 2. The zero-order valence-corrected chi connectivity index (χ0v) is 12.7. The van der Waals surface area contributed by atoms with Gasteiger partial charge in [0.15, 0.2) is 23.0 Å². The maximum absolute atomic E-state index is 6.08. The van der Waals surface area contributed by atoms with Gasteiger partial charge in [0, 0.05) is 6.07 Å². The molecule has 0 saturated heterocycles. The molecule has 2 aromatic carbocycles. The number of hydrogen-bond donors (Lipinski definition) is 0. The number of rotatable bonds is 0. The molecule has 0 aliphatic carbocycles. The highest BCUT2D eigenvalue weighted by Crippen LogP contribution is 2.55. The van der Waals surface area contributed by atoms with Gasteiger partial charge in [0.05, 0.1) is 15.1 Å². The molecule has 0 spiro atoms. The molecule has 1 aliphatic rings. The quantitative estimate of drug-likeness (QED) is 0.410. The van der Waals surface area contributed by atoms with Crippen molar-refractivity contribution in [2.24, 2.45) is 0 Å². The van der Waals surface area contributed by atoms with Crippen LogP contribution in [0.2, 0.25) is 25.1 Å². The maximum Gasteiger partial charge on any atom is 0.190 e. The second-order valence-corrected chi connectivity index (χ2v) is 5.65. The van der Waals surface area contributed by atoms with Crippen LogP contribution in [0.15, 0.2) is 18.2 Å². The molecule has 0 aromatic heterocycles. The molecule has 1 aliphatic heterocycles. The van der Waals surface area contributed by atoms with E-state index in [1.165, 1.54) is 6.07 Å². The Morgan fingerprint density at radius 3 is 2.05 bits per heavy atom. The Morgan fingerprint density at radius 2 is 1.32 bits per heavy atom. The van der Waals surface area contributed by atoms with Crippen LogP contribution in [0.25, 0.3) is 0 Å². The Morgan fingerprint density at radius 1 is 0.632 bits per heavy atom. The first kappa shape index (κ1) is 13.5. The lowest BCUT2D eigenvalue weighted by atomic mass is 10.2. The van der Waals surface area contributed by atoms with Gasteiger partial charge in [-0.3, -0.25) is 0 Å². The zero-order valence-electron chi connectivity index (χ0n) is 8.94. The second kappa shape index (κ2) is 4.80. The zero-order chi connectivity index (χ0) is 13.7. The lowest BCUT2D eigenvalue weighted by molar-refractivity contribution is 0.360. The SMILES string of the molecule is Clc1cc2c(c(Cl)c1Cl)Oc1c(ccc(Cl)c1Cl)O2. The van der Waals surface area contributed by atoms with Crippen LogP contribution in [-0.2, 0) is 0 Å². The normalized spacial score (nSPS) is 12.3. The minimum absolute atomic E-state index is 0.158. The summed E-state index contributed by atoms with van der Waals surface area (Å²) in [7, 11) is 0. The fraction of sp³-hybridized carbons (Fsp3) is 0. The lowest BCUT2D eigenvalue weighted by Crippen LogP contribution is -2.00. The van der Waals surface area contributed by atoms with Crippen molar-refractivity contribution in [3.63, 3.8) is 0 Å². The number of benzene rings is 2. The van der Waals surface area contributed by atoms with Crippen LogP contribution in [-0.4, -0.2) is 0 Å². The minimum atomic E-state index is 0.158. The molecule has 0 unspecified atom stereocenters. The molecule has 0 saturated carbocycles. The summed E-state index contributed by atoms with van der Waals surface area (Å²) < 4.78 is 11.3. The van der Waals surface area contributed by atoms with Gasteiger partial charge < -0.3 is 9.47 Å². The Kier molecular flexibility index (Phi) is 3.40. The highest BCUT2D eigenvalue weighted by molar-refractivity contribution is 6.49. The van der Waals surface area contributed by atoms with Crippen molar-refractivity contribution in [2.75, 3.05) is 0 Å². The van der Waals surface area contributed by atoms with Crippen LogP contribution in [0.4, 0.5) is 0 Å². The molecule has 0 fully saturated rings. The van der Waals surface area contributed by atoms with E-state index in [1.54, 1.807) is 12.1 Å². The third kappa shape index (κ3) is 2.12. The van der Waals surface area contributed by atoms with E-state index in [0.717, 1.165) is 0 Å². The first-order valence-electron chi connectivity index (χ1n) is 5.00. The van der Waals surface area contributed by atoms with Crippen LogP contribution >= 0.6 is 58.0 Å². The Balaban J connectivity index is 2.20. The summed E-state index contributed by atoms with van der Waals surface area (Å²) in [6.07, 6.45) is 0. The Bertz CT molecular complexity index is 699. The number of halogens is 5. The van der Waals surface area contributed by atoms with E-state index >= 15 is 0 Å². The van der Waals surface area contributed by atoms with Gasteiger partial charge in [-0.1, -0.05) is 58.0 Å². The lowest BCUT2D eigenvalue weighted by Gasteiger charge is -2.23. The Hall–Kier alpha value is -0.510. The van der Waals surface area contributed by atoms with E-state index < -0.39 is 0 Å². The van der Waals surface area contributed by atoms with E-state index in [0.29, 0.717) is 22.3 Å². The molecule has 3 rings (SSSR count). The van der Waals surface area contributed by atoms with E-state index in [9.17, 15) is 0 Å². The smallest absolute Gasteiger partial charge is 0.190 e. The molecular formula is C12H3Cl5O2. The molecule has 0 N–H and O–H groups in total. The molecule has 1 heterocycles. The molecule has 0 radical (unpaired) electrons. The molecule has 0 atom stereocenters. The van der Waals surface area contributed by atoms with Crippen LogP contribution in [0.5, 0.6) is 23.0 Å². The molecular weight excluding hydrogens is 353 g/mol. The van der Waals surface area contributed by atoms with Crippen LogP contribution in [0.3, 0.4) is 0 Å². The summed E-state index contributed by atoms with van der Waals surface area (Å²) in [5, 5.41) is 1.21. The first-order valence-corrected chi connectivity index (χ1v) is 6.89. The summed E-state index contributed by atoms with van der Waals surface area (Å²) in [4.78, 5) is 0. The van der Waals surface area contributed by atoms with Crippen molar-refractivity contribution in [1.82, 2.24) is 0 Å². The van der Waals surface area contributed by atoms with Crippen molar-refractivity contribution >= 4 is 58.0 Å². The topological polar surface area (TPSA) is 18.5 Å². The van der Waals surface area contributed by atoms with Crippen molar-refractivity contribution in [3.8, 4) is 23.0 Å². The summed E-state index contributed by atoms with van der Waals surface area (Å²) in [6, 6.07) is 4.77. The average Bonchev–Trinajstić information content (AvgIpc) is 2.39. The van der Waals surface area contributed by atoms with Crippen molar-refractivity contribution in [2.45, 2.75) is 0 Å². The van der Waals surface area contributed by atoms with Crippen LogP contribution in [0.1, 0.15) is 0 Å². The van der Waals surface area contributed by atoms with Crippen molar-refractivity contribution < 1.29 is 9.47 Å². The molecule has 0 bridgehead atoms. The van der Waals surface area contributed by atoms with Crippen molar-refractivity contribution in [3.05, 3.63) is 43.3 Å². The predicted octanol–water partition coefficient (Wildman–Crippen LogP) is 6.85. The standard InChI is InChI=1S/C12H3Cl5O2/c13-4-1-2-6-11(9(4)16)19-12-7(18-6)3-5(14)8(15)10(12)17/h1-3H. The highest BCUT2D eigenvalue weighted by atomic mass is 35.5. The van der Waals surface area contributed by atoms with Crippen LogP contribution in [0, 0.1) is 0 Å². The summed E-state index contributed by atoms with van der Waals surface area (Å²) in [6.45, 7) is 0. The minimum Gasteiger partial charge on any atom is -0.449 e. The molecule has 19 heavy (non-hydrogen) atoms. The third-order valence-electron chi connectivity index (χ3n) is 2.52. The van der Waals surface area contributed by atoms with Crippen LogP contribution < -0.4 is 9.47 Å². The van der Waals surface area contributed by atoms with E-state index in [1.807, 2.05) is 0 Å². The third-order valence-corrected chi connectivity index (χ3v) is 4.55.